The molecule has 0 saturated carbocycles. The number of ketones is 1. The third-order valence-corrected chi connectivity index (χ3v) is 3.63. The van der Waals surface area contributed by atoms with Crippen LogP contribution in [-0.2, 0) is 14.6 Å². The van der Waals surface area contributed by atoms with Crippen LogP contribution >= 0.6 is 0 Å². The summed E-state index contributed by atoms with van der Waals surface area (Å²) in [4.78, 5) is 11.7. The van der Waals surface area contributed by atoms with Crippen LogP contribution in [0.5, 0.6) is 0 Å². The van der Waals surface area contributed by atoms with Crippen LogP contribution in [0.2, 0.25) is 0 Å². The molecule has 0 aliphatic heterocycles. The predicted octanol–water partition coefficient (Wildman–Crippen LogP) is 2.08. The molecule has 1 rings (SSSR count). The van der Waals surface area contributed by atoms with Crippen molar-refractivity contribution in [1.82, 2.24) is 0 Å². The standard InChI is InChI=1S/C14H16O3S/c1-14(2,3)10-9-12(15)11-18(16,17)13-7-5-4-6-8-13/h4-8H,11H2,1-3H3. The number of benzene rings is 1. The van der Waals surface area contributed by atoms with E-state index in [1.165, 1.54) is 12.1 Å². The van der Waals surface area contributed by atoms with Crippen LogP contribution in [0.3, 0.4) is 0 Å². The first-order valence-corrected chi connectivity index (χ1v) is 7.20. The van der Waals surface area contributed by atoms with Gasteiger partial charge >= 0.3 is 0 Å². The van der Waals surface area contributed by atoms with E-state index in [1.54, 1.807) is 18.2 Å². The van der Waals surface area contributed by atoms with Gasteiger partial charge in [0, 0.05) is 5.41 Å². The van der Waals surface area contributed by atoms with E-state index >= 15 is 0 Å². The highest BCUT2D eigenvalue weighted by molar-refractivity contribution is 7.92. The molecule has 4 heteroatoms. The summed E-state index contributed by atoms with van der Waals surface area (Å²) in [6, 6.07) is 7.91. The maximum absolute atomic E-state index is 11.9. The highest BCUT2D eigenvalue weighted by atomic mass is 32.2. The minimum absolute atomic E-state index is 0.149. The molecule has 96 valence electrons. The van der Waals surface area contributed by atoms with E-state index < -0.39 is 21.4 Å². The van der Waals surface area contributed by atoms with Crippen molar-refractivity contribution in [2.45, 2.75) is 25.7 Å². The van der Waals surface area contributed by atoms with Gasteiger partial charge in [-0.3, -0.25) is 4.79 Å². The van der Waals surface area contributed by atoms with Gasteiger partial charge in [0.25, 0.3) is 0 Å². The van der Waals surface area contributed by atoms with Crippen LogP contribution < -0.4 is 0 Å². The van der Waals surface area contributed by atoms with E-state index in [0.717, 1.165) is 0 Å². The summed E-state index contributed by atoms with van der Waals surface area (Å²) in [5.74, 6) is 3.97. The minimum Gasteiger partial charge on any atom is -0.284 e. The van der Waals surface area contributed by atoms with Crippen molar-refractivity contribution in [2.75, 3.05) is 5.75 Å². The highest BCUT2D eigenvalue weighted by Gasteiger charge is 2.18. The van der Waals surface area contributed by atoms with E-state index in [1.807, 2.05) is 20.8 Å². The van der Waals surface area contributed by atoms with Crippen LogP contribution in [0.15, 0.2) is 35.2 Å². The molecule has 0 aliphatic rings. The Morgan fingerprint density at radius 3 is 2.22 bits per heavy atom. The second kappa shape index (κ2) is 5.36. The topological polar surface area (TPSA) is 51.2 Å². The van der Waals surface area contributed by atoms with Gasteiger partial charge in [-0.25, -0.2) is 8.42 Å². The number of hydrogen-bond donors (Lipinski definition) is 0. The van der Waals surface area contributed by atoms with Crippen LogP contribution in [0.25, 0.3) is 0 Å². The zero-order valence-corrected chi connectivity index (χ0v) is 11.5. The van der Waals surface area contributed by atoms with Gasteiger partial charge in [-0.2, -0.15) is 0 Å². The predicted molar refractivity (Wildman–Crippen MR) is 70.7 cm³/mol. The SMILES string of the molecule is CC(C)(C)C#CC(=O)CS(=O)(=O)c1ccccc1. The summed E-state index contributed by atoms with van der Waals surface area (Å²) in [6.07, 6.45) is 0. The molecule has 0 radical (unpaired) electrons. The van der Waals surface area contributed by atoms with Crippen molar-refractivity contribution in [3.8, 4) is 11.8 Å². The van der Waals surface area contributed by atoms with Crippen molar-refractivity contribution in [3.05, 3.63) is 30.3 Å². The maximum Gasteiger partial charge on any atom is 0.220 e. The van der Waals surface area contributed by atoms with Crippen LogP contribution in [-0.4, -0.2) is 20.0 Å². The first-order valence-electron chi connectivity index (χ1n) is 5.54. The average molecular weight is 264 g/mol. The Bertz CT molecular complexity index is 581. The molecule has 0 aromatic heterocycles. The molecular weight excluding hydrogens is 248 g/mol. The Hall–Kier alpha value is -1.60. The molecule has 0 bridgehead atoms. The second-order valence-corrected chi connectivity index (χ2v) is 6.98. The lowest BCUT2D eigenvalue weighted by Crippen LogP contribution is -2.15. The molecule has 1 aromatic rings. The summed E-state index contributed by atoms with van der Waals surface area (Å²) in [6.45, 7) is 5.58. The molecule has 0 saturated heterocycles. The number of sulfone groups is 1. The summed E-state index contributed by atoms with van der Waals surface area (Å²) >= 11 is 0. The largest absolute Gasteiger partial charge is 0.284 e. The first kappa shape index (κ1) is 14.5. The van der Waals surface area contributed by atoms with E-state index in [9.17, 15) is 13.2 Å². The Labute approximate surface area is 108 Å². The quantitative estimate of drug-likeness (QED) is 0.620. The Balaban J connectivity index is 2.85. The van der Waals surface area contributed by atoms with Crippen LogP contribution in [0.1, 0.15) is 20.8 Å². The molecule has 0 unspecified atom stereocenters. The third-order valence-electron chi connectivity index (χ3n) is 2.00. The molecule has 0 fully saturated rings. The van der Waals surface area contributed by atoms with Gasteiger partial charge in [-0.1, -0.05) is 24.1 Å². The van der Waals surface area contributed by atoms with Gasteiger partial charge in [0.15, 0.2) is 9.84 Å². The highest BCUT2D eigenvalue weighted by Crippen LogP contribution is 2.11. The van der Waals surface area contributed by atoms with E-state index in [2.05, 4.69) is 11.8 Å². The van der Waals surface area contributed by atoms with Crippen molar-refractivity contribution < 1.29 is 13.2 Å². The van der Waals surface area contributed by atoms with Crippen LogP contribution in [0, 0.1) is 17.3 Å². The Kier molecular flexibility index (Phi) is 4.31. The zero-order valence-electron chi connectivity index (χ0n) is 10.7. The summed E-state index contributed by atoms with van der Waals surface area (Å²) in [5, 5.41) is 0. The van der Waals surface area contributed by atoms with E-state index in [-0.39, 0.29) is 10.3 Å². The lowest BCUT2D eigenvalue weighted by molar-refractivity contribution is -0.111. The molecule has 18 heavy (non-hydrogen) atoms. The average Bonchev–Trinajstić information content (AvgIpc) is 2.26. The molecule has 0 heterocycles. The van der Waals surface area contributed by atoms with Crippen molar-refractivity contribution in [2.24, 2.45) is 5.41 Å². The Morgan fingerprint density at radius 2 is 1.72 bits per heavy atom. The normalized spacial score (nSPS) is 11.5. The molecule has 0 amide bonds. The fourth-order valence-corrected chi connectivity index (χ4v) is 2.33. The monoisotopic (exact) mass is 264 g/mol. The Morgan fingerprint density at radius 1 is 1.17 bits per heavy atom. The fraction of sp³-hybridized carbons (Fsp3) is 0.357. The second-order valence-electron chi connectivity index (χ2n) is 5.00. The smallest absolute Gasteiger partial charge is 0.220 e. The number of rotatable bonds is 3. The lowest BCUT2D eigenvalue weighted by atomic mass is 9.98. The fourth-order valence-electron chi connectivity index (χ4n) is 1.18. The minimum atomic E-state index is -3.58. The van der Waals surface area contributed by atoms with Gasteiger partial charge in [0.05, 0.1) is 4.90 Å². The van der Waals surface area contributed by atoms with Crippen molar-refractivity contribution in [1.29, 1.82) is 0 Å². The number of Topliss-reactive ketones (excluding diaryl/α,β-unsaturated/α-hetero) is 1. The zero-order chi connectivity index (χ0) is 13.8. The maximum atomic E-state index is 11.9. The lowest BCUT2D eigenvalue weighted by Gasteiger charge is -2.06. The van der Waals surface area contributed by atoms with Gasteiger partial charge in [0.2, 0.25) is 5.78 Å². The third kappa shape index (κ3) is 4.72. The van der Waals surface area contributed by atoms with Crippen LogP contribution in [0.4, 0.5) is 0 Å². The van der Waals surface area contributed by atoms with Crippen molar-refractivity contribution in [3.63, 3.8) is 0 Å². The van der Waals surface area contributed by atoms with E-state index in [0.29, 0.717) is 0 Å². The summed E-state index contributed by atoms with van der Waals surface area (Å²) < 4.78 is 23.8. The number of hydrogen-bond acceptors (Lipinski definition) is 3. The molecule has 0 aliphatic carbocycles. The summed E-state index contributed by atoms with van der Waals surface area (Å²) in [7, 11) is -3.58. The van der Waals surface area contributed by atoms with Gasteiger partial charge in [-0.15, -0.1) is 0 Å². The van der Waals surface area contributed by atoms with E-state index in [4.69, 9.17) is 0 Å². The number of carbonyl (C=O) groups excluding carboxylic acids is 1. The van der Waals surface area contributed by atoms with Gasteiger partial charge < -0.3 is 0 Å². The molecule has 1 aromatic carbocycles. The first-order chi connectivity index (χ1) is 8.21. The molecular formula is C14H16O3S. The number of carbonyl (C=O) groups is 1. The molecule has 0 spiro atoms. The molecule has 3 nitrogen and oxygen atoms in total. The summed E-state index contributed by atoms with van der Waals surface area (Å²) in [5.41, 5.74) is -0.313. The van der Waals surface area contributed by atoms with Gasteiger partial charge in [-0.05, 0) is 38.8 Å². The van der Waals surface area contributed by atoms with Crippen molar-refractivity contribution >= 4 is 15.6 Å². The molecule has 0 atom stereocenters. The molecule has 0 N–H and O–H groups in total. The van der Waals surface area contributed by atoms with Gasteiger partial charge in [0.1, 0.15) is 5.75 Å².